The van der Waals surface area contributed by atoms with E-state index in [1.54, 1.807) is 0 Å². The lowest BCUT2D eigenvalue weighted by Crippen LogP contribution is -2.08. The average molecular weight is 202 g/mol. The summed E-state index contributed by atoms with van der Waals surface area (Å²) < 4.78 is 2.32. The third-order valence-electron chi connectivity index (χ3n) is 2.91. The highest BCUT2D eigenvalue weighted by molar-refractivity contribution is 5.84. The number of nitrogens with two attached hydrogens (primary N) is 1. The van der Waals surface area contributed by atoms with Crippen molar-refractivity contribution in [3.05, 3.63) is 35.5 Å². The molecule has 0 aliphatic rings. The summed E-state index contributed by atoms with van der Waals surface area (Å²) in [6.45, 7) is 7.14. The van der Waals surface area contributed by atoms with Gasteiger partial charge in [0.15, 0.2) is 0 Å². The van der Waals surface area contributed by atoms with Gasteiger partial charge in [0.2, 0.25) is 0 Å². The number of fused-ring (bicyclic) bond motifs is 1. The number of hydrogen-bond donors (Lipinski definition) is 1. The van der Waals surface area contributed by atoms with Crippen LogP contribution in [0.2, 0.25) is 0 Å². The van der Waals surface area contributed by atoms with E-state index in [1.165, 1.54) is 22.2 Å². The fourth-order valence-corrected chi connectivity index (χ4v) is 2.22. The molecule has 0 fully saturated rings. The van der Waals surface area contributed by atoms with E-state index in [9.17, 15) is 0 Å². The Morgan fingerprint density at radius 1 is 1.33 bits per heavy atom. The Hall–Kier alpha value is -1.28. The Labute approximate surface area is 90.7 Å². The first kappa shape index (κ1) is 10.2. The van der Waals surface area contributed by atoms with E-state index < -0.39 is 0 Å². The lowest BCUT2D eigenvalue weighted by Gasteiger charge is -2.13. The number of benzene rings is 1. The molecule has 0 atom stereocenters. The molecule has 0 saturated heterocycles. The molecule has 0 aliphatic carbocycles. The normalized spacial score (nSPS) is 11.5. The summed E-state index contributed by atoms with van der Waals surface area (Å²) >= 11 is 0. The zero-order chi connectivity index (χ0) is 11.0. The number of hydrogen-bond acceptors (Lipinski definition) is 1. The van der Waals surface area contributed by atoms with Gasteiger partial charge >= 0.3 is 0 Å². The summed E-state index contributed by atoms with van der Waals surface area (Å²) in [6, 6.07) is 9.10. The van der Waals surface area contributed by atoms with Gasteiger partial charge in [-0.3, -0.25) is 0 Å². The van der Waals surface area contributed by atoms with E-state index in [2.05, 4.69) is 49.6 Å². The standard InChI is InChI=1S/C13H18N2/c1-9(2)15-11(8-14)7-12-10(3)5-4-6-13(12)15/h4-7,9H,8,14H2,1-3H3. The summed E-state index contributed by atoms with van der Waals surface area (Å²) in [5.74, 6) is 0. The largest absolute Gasteiger partial charge is 0.341 e. The van der Waals surface area contributed by atoms with Crippen molar-refractivity contribution < 1.29 is 0 Å². The summed E-state index contributed by atoms with van der Waals surface area (Å²) in [6.07, 6.45) is 0. The molecule has 15 heavy (non-hydrogen) atoms. The van der Waals surface area contributed by atoms with Crippen LogP contribution in [0.4, 0.5) is 0 Å². The van der Waals surface area contributed by atoms with Gasteiger partial charge in [-0.1, -0.05) is 12.1 Å². The highest BCUT2D eigenvalue weighted by Gasteiger charge is 2.10. The number of aromatic nitrogens is 1. The van der Waals surface area contributed by atoms with Gasteiger partial charge in [0, 0.05) is 29.2 Å². The zero-order valence-corrected chi connectivity index (χ0v) is 9.62. The lowest BCUT2D eigenvalue weighted by molar-refractivity contribution is 0.595. The molecule has 0 unspecified atom stereocenters. The van der Waals surface area contributed by atoms with Gasteiger partial charge in [0.1, 0.15) is 0 Å². The number of aryl methyl sites for hydroxylation is 1. The maximum absolute atomic E-state index is 5.78. The van der Waals surface area contributed by atoms with Crippen molar-refractivity contribution in [3.8, 4) is 0 Å². The number of nitrogens with zero attached hydrogens (tertiary/aromatic N) is 1. The minimum absolute atomic E-state index is 0.461. The van der Waals surface area contributed by atoms with Crippen molar-refractivity contribution in [1.29, 1.82) is 0 Å². The van der Waals surface area contributed by atoms with E-state index in [0.717, 1.165) is 0 Å². The van der Waals surface area contributed by atoms with Gasteiger partial charge in [0.05, 0.1) is 0 Å². The molecule has 2 N–H and O–H groups in total. The van der Waals surface area contributed by atoms with Crippen molar-refractivity contribution in [3.63, 3.8) is 0 Å². The maximum Gasteiger partial charge on any atom is 0.0488 e. The smallest absolute Gasteiger partial charge is 0.0488 e. The first-order chi connectivity index (χ1) is 7.15. The molecule has 0 spiro atoms. The van der Waals surface area contributed by atoms with Gasteiger partial charge in [-0.15, -0.1) is 0 Å². The zero-order valence-electron chi connectivity index (χ0n) is 9.62. The molecular formula is C13H18N2. The van der Waals surface area contributed by atoms with Crippen LogP contribution in [-0.2, 0) is 6.54 Å². The molecule has 2 heteroatoms. The van der Waals surface area contributed by atoms with Crippen molar-refractivity contribution in [2.24, 2.45) is 5.73 Å². The molecule has 2 rings (SSSR count). The van der Waals surface area contributed by atoms with Crippen LogP contribution in [0.5, 0.6) is 0 Å². The van der Waals surface area contributed by atoms with Crippen LogP contribution in [0, 0.1) is 6.92 Å². The van der Waals surface area contributed by atoms with Crippen molar-refractivity contribution in [2.75, 3.05) is 0 Å². The first-order valence-corrected chi connectivity index (χ1v) is 5.44. The Morgan fingerprint density at radius 3 is 2.67 bits per heavy atom. The van der Waals surface area contributed by atoms with Crippen LogP contribution in [-0.4, -0.2) is 4.57 Å². The van der Waals surface area contributed by atoms with Gasteiger partial charge < -0.3 is 10.3 Å². The van der Waals surface area contributed by atoms with E-state index in [1.807, 2.05) is 0 Å². The Morgan fingerprint density at radius 2 is 2.07 bits per heavy atom. The van der Waals surface area contributed by atoms with Crippen LogP contribution >= 0.6 is 0 Å². The second kappa shape index (κ2) is 3.70. The average Bonchev–Trinajstić information content (AvgIpc) is 2.57. The van der Waals surface area contributed by atoms with Crippen molar-refractivity contribution in [2.45, 2.75) is 33.4 Å². The van der Waals surface area contributed by atoms with Crippen molar-refractivity contribution >= 4 is 10.9 Å². The van der Waals surface area contributed by atoms with Gasteiger partial charge in [0.25, 0.3) is 0 Å². The van der Waals surface area contributed by atoms with Gasteiger partial charge in [-0.2, -0.15) is 0 Å². The third-order valence-corrected chi connectivity index (χ3v) is 2.91. The predicted octanol–water partition coefficient (Wildman–Crippen LogP) is 2.99. The molecule has 2 aromatic rings. The molecule has 0 bridgehead atoms. The van der Waals surface area contributed by atoms with E-state index in [0.29, 0.717) is 12.6 Å². The predicted molar refractivity (Wildman–Crippen MR) is 65.0 cm³/mol. The topological polar surface area (TPSA) is 30.9 Å². The summed E-state index contributed by atoms with van der Waals surface area (Å²) in [7, 11) is 0. The van der Waals surface area contributed by atoms with Crippen molar-refractivity contribution in [1.82, 2.24) is 4.57 Å². The summed E-state index contributed by atoms with van der Waals surface area (Å²) in [4.78, 5) is 0. The molecule has 0 radical (unpaired) electrons. The third kappa shape index (κ3) is 1.55. The van der Waals surface area contributed by atoms with Crippen LogP contribution in [0.25, 0.3) is 10.9 Å². The minimum Gasteiger partial charge on any atom is -0.341 e. The maximum atomic E-state index is 5.78. The highest BCUT2D eigenvalue weighted by Crippen LogP contribution is 2.26. The quantitative estimate of drug-likeness (QED) is 0.797. The first-order valence-electron chi connectivity index (χ1n) is 5.44. The fraction of sp³-hybridized carbons (Fsp3) is 0.385. The van der Waals surface area contributed by atoms with E-state index in [-0.39, 0.29) is 0 Å². The van der Waals surface area contributed by atoms with Gasteiger partial charge in [-0.05, 0) is 38.5 Å². The lowest BCUT2D eigenvalue weighted by atomic mass is 10.1. The van der Waals surface area contributed by atoms with Gasteiger partial charge in [-0.25, -0.2) is 0 Å². The second-order valence-corrected chi connectivity index (χ2v) is 4.31. The molecular weight excluding hydrogens is 184 g/mol. The molecule has 1 heterocycles. The van der Waals surface area contributed by atoms with Crippen LogP contribution in [0.1, 0.15) is 31.1 Å². The molecule has 1 aromatic heterocycles. The Bertz CT molecular complexity index is 480. The van der Waals surface area contributed by atoms with Crippen LogP contribution in [0.15, 0.2) is 24.3 Å². The minimum atomic E-state index is 0.461. The fourth-order valence-electron chi connectivity index (χ4n) is 2.22. The molecule has 0 aliphatic heterocycles. The SMILES string of the molecule is Cc1cccc2c1cc(CN)n2C(C)C. The summed E-state index contributed by atoms with van der Waals surface area (Å²) in [5.41, 5.74) is 9.62. The van der Waals surface area contributed by atoms with E-state index >= 15 is 0 Å². The molecule has 2 nitrogen and oxygen atoms in total. The summed E-state index contributed by atoms with van der Waals surface area (Å²) in [5, 5.41) is 1.33. The van der Waals surface area contributed by atoms with Crippen LogP contribution in [0.3, 0.4) is 0 Å². The Kier molecular flexibility index (Phi) is 2.53. The molecule has 80 valence electrons. The Balaban J connectivity index is 2.80. The molecule has 1 aromatic carbocycles. The van der Waals surface area contributed by atoms with E-state index in [4.69, 9.17) is 5.73 Å². The van der Waals surface area contributed by atoms with Crippen LogP contribution < -0.4 is 5.73 Å². The number of rotatable bonds is 2. The second-order valence-electron chi connectivity index (χ2n) is 4.31. The molecule has 0 saturated carbocycles. The monoisotopic (exact) mass is 202 g/mol. The molecule has 0 amide bonds. The highest BCUT2D eigenvalue weighted by atomic mass is 15.0.